The highest BCUT2D eigenvalue weighted by Crippen LogP contribution is 2.05. The van der Waals surface area contributed by atoms with Crippen molar-refractivity contribution in [3.63, 3.8) is 0 Å². The van der Waals surface area contributed by atoms with Gasteiger partial charge in [-0.25, -0.2) is 0 Å². The first-order chi connectivity index (χ1) is 7.38. The van der Waals surface area contributed by atoms with Gasteiger partial charge in [-0.05, 0) is 0 Å². The Bertz CT molecular complexity index is 346. The zero-order valence-electron chi connectivity index (χ0n) is 8.73. The Labute approximate surface area is 88.3 Å². The number of nitrogens with zero attached hydrogens (tertiary/aromatic N) is 3. The Morgan fingerprint density at radius 3 is 3.33 bits per heavy atom. The van der Waals surface area contributed by atoms with E-state index in [4.69, 9.17) is 4.74 Å². The number of nitrogens with one attached hydrogen (secondary N) is 2. The van der Waals surface area contributed by atoms with E-state index in [0.717, 1.165) is 31.3 Å². The summed E-state index contributed by atoms with van der Waals surface area (Å²) < 4.78 is 6.81. The summed E-state index contributed by atoms with van der Waals surface area (Å²) in [5.41, 5.74) is 0.944. The molecule has 6 nitrogen and oxygen atoms in total. The Morgan fingerprint density at radius 2 is 2.60 bits per heavy atom. The molecule has 2 N–H and O–H groups in total. The molecule has 1 aromatic heterocycles. The molecule has 0 saturated carbocycles. The van der Waals surface area contributed by atoms with Crippen molar-refractivity contribution in [1.82, 2.24) is 15.1 Å². The van der Waals surface area contributed by atoms with Gasteiger partial charge in [-0.3, -0.25) is 9.67 Å². The number of hydrogen-bond acceptors (Lipinski definition) is 5. The van der Waals surface area contributed by atoms with Gasteiger partial charge in [0, 0.05) is 19.9 Å². The summed E-state index contributed by atoms with van der Waals surface area (Å²) in [5.74, 6) is 0.821. The Morgan fingerprint density at radius 1 is 1.67 bits per heavy atom. The average Bonchev–Trinajstić information content (AvgIpc) is 2.87. The lowest BCUT2D eigenvalue weighted by atomic mass is 10.5. The Balaban J connectivity index is 1.89. The van der Waals surface area contributed by atoms with E-state index in [9.17, 15) is 0 Å². The quantitative estimate of drug-likeness (QED) is 0.727. The molecule has 0 atom stereocenters. The third-order valence-electron chi connectivity index (χ3n) is 2.09. The zero-order chi connectivity index (χ0) is 10.5. The van der Waals surface area contributed by atoms with Crippen LogP contribution in [0.1, 0.15) is 0 Å². The van der Waals surface area contributed by atoms with Crippen LogP contribution in [0.3, 0.4) is 0 Å². The van der Waals surface area contributed by atoms with Gasteiger partial charge in [-0.2, -0.15) is 5.10 Å². The van der Waals surface area contributed by atoms with Crippen molar-refractivity contribution in [2.75, 3.05) is 32.1 Å². The van der Waals surface area contributed by atoms with E-state index < -0.39 is 0 Å². The monoisotopic (exact) mass is 209 g/mol. The Kier molecular flexibility index (Phi) is 3.18. The maximum Gasteiger partial charge on any atom is 0.196 e. The lowest BCUT2D eigenvalue weighted by Crippen LogP contribution is -2.25. The first kappa shape index (κ1) is 9.97. The second-order valence-corrected chi connectivity index (χ2v) is 3.27. The van der Waals surface area contributed by atoms with Crippen molar-refractivity contribution in [3.8, 4) is 0 Å². The highest BCUT2D eigenvalue weighted by molar-refractivity contribution is 5.94. The van der Waals surface area contributed by atoms with Crippen LogP contribution in [0.4, 0.5) is 5.69 Å². The van der Waals surface area contributed by atoms with Crippen LogP contribution in [0.15, 0.2) is 17.4 Å². The minimum atomic E-state index is 0.667. The predicted molar refractivity (Wildman–Crippen MR) is 58.0 cm³/mol. The van der Waals surface area contributed by atoms with Crippen LogP contribution in [-0.2, 0) is 11.3 Å². The molecule has 15 heavy (non-hydrogen) atoms. The third-order valence-corrected chi connectivity index (χ3v) is 2.09. The van der Waals surface area contributed by atoms with Crippen LogP contribution >= 0.6 is 0 Å². The molecule has 1 aliphatic rings. The fraction of sp³-hybridized carbons (Fsp3) is 0.556. The molecule has 0 unspecified atom stereocenters. The molecule has 0 aromatic carbocycles. The molecule has 2 rings (SSSR count). The average molecular weight is 209 g/mol. The van der Waals surface area contributed by atoms with E-state index in [1.165, 1.54) is 0 Å². The standard InChI is InChI=1S/C9H15N5O/c1-15-5-4-14-7-8(6-12-14)13-9-10-2-3-11-9/h6-7H,2-5H2,1H3,(H2,10,11,13). The van der Waals surface area contributed by atoms with Crippen LogP contribution in [0.5, 0.6) is 0 Å². The molecule has 1 aliphatic heterocycles. The molecule has 0 saturated heterocycles. The molecule has 0 spiro atoms. The van der Waals surface area contributed by atoms with Crippen molar-refractivity contribution in [2.45, 2.75) is 6.54 Å². The third kappa shape index (κ3) is 2.69. The molecule has 6 heteroatoms. The zero-order valence-corrected chi connectivity index (χ0v) is 8.73. The lowest BCUT2D eigenvalue weighted by molar-refractivity contribution is 0.183. The van der Waals surface area contributed by atoms with E-state index in [1.807, 2.05) is 10.9 Å². The van der Waals surface area contributed by atoms with Crippen molar-refractivity contribution in [3.05, 3.63) is 12.4 Å². The number of rotatable bonds is 4. The fourth-order valence-electron chi connectivity index (χ4n) is 1.35. The highest BCUT2D eigenvalue weighted by atomic mass is 16.5. The topological polar surface area (TPSA) is 63.5 Å². The normalized spacial score (nSPS) is 14.9. The first-order valence-corrected chi connectivity index (χ1v) is 4.95. The molecule has 0 amide bonds. The molecule has 0 bridgehead atoms. The van der Waals surface area contributed by atoms with Gasteiger partial charge >= 0.3 is 0 Å². The van der Waals surface area contributed by atoms with Gasteiger partial charge in [0.15, 0.2) is 5.96 Å². The number of guanidine groups is 1. The van der Waals surface area contributed by atoms with E-state index in [2.05, 4.69) is 20.7 Å². The number of hydrogen-bond donors (Lipinski definition) is 2. The lowest BCUT2D eigenvalue weighted by Gasteiger charge is -2.02. The summed E-state index contributed by atoms with van der Waals surface area (Å²) in [6.45, 7) is 3.17. The molecular weight excluding hydrogens is 194 g/mol. The summed E-state index contributed by atoms with van der Waals surface area (Å²) in [5, 5.41) is 10.5. The smallest absolute Gasteiger partial charge is 0.196 e. The second-order valence-electron chi connectivity index (χ2n) is 3.27. The second kappa shape index (κ2) is 4.79. The Hall–Kier alpha value is -1.56. The van der Waals surface area contributed by atoms with Crippen LogP contribution in [0.2, 0.25) is 0 Å². The number of ether oxygens (including phenoxy) is 1. The van der Waals surface area contributed by atoms with Crippen LogP contribution < -0.4 is 10.6 Å². The van der Waals surface area contributed by atoms with E-state index in [0.29, 0.717) is 6.61 Å². The van der Waals surface area contributed by atoms with Gasteiger partial charge < -0.3 is 15.4 Å². The predicted octanol–water partition coefficient (Wildman–Crippen LogP) is -0.0994. The molecule has 2 heterocycles. The fourth-order valence-corrected chi connectivity index (χ4v) is 1.35. The minimum Gasteiger partial charge on any atom is -0.383 e. The first-order valence-electron chi connectivity index (χ1n) is 4.95. The van der Waals surface area contributed by atoms with Gasteiger partial charge in [-0.15, -0.1) is 0 Å². The van der Waals surface area contributed by atoms with Gasteiger partial charge in [0.05, 0.1) is 31.6 Å². The molecule has 0 fully saturated rings. The maximum atomic E-state index is 4.97. The molecule has 82 valence electrons. The molecule has 0 radical (unpaired) electrons. The number of anilines is 1. The number of methoxy groups -OCH3 is 1. The van der Waals surface area contributed by atoms with Crippen LogP contribution in [0.25, 0.3) is 0 Å². The van der Waals surface area contributed by atoms with E-state index >= 15 is 0 Å². The van der Waals surface area contributed by atoms with Gasteiger partial charge in [0.2, 0.25) is 0 Å². The SMILES string of the molecule is COCCn1cc(NC2=NCCN2)cn1. The van der Waals surface area contributed by atoms with Crippen molar-refractivity contribution in [1.29, 1.82) is 0 Å². The van der Waals surface area contributed by atoms with Crippen molar-refractivity contribution < 1.29 is 4.74 Å². The van der Waals surface area contributed by atoms with Crippen LogP contribution in [-0.4, -0.2) is 42.5 Å². The summed E-state index contributed by atoms with van der Waals surface area (Å²) in [6, 6.07) is 0. The molecule has 0 aliphatic carbocycles. The van der Waals surface area contributed by atoms with Crippen molar-refractivity contribution >= 4 is 11.6 Å². The number of aromatic nitrogens is 2. The van der Waals surface area contributed by atoms with Gasteiger partial charge in [0.25, 0.3) is 0 Å². The summed E-state index contributed by atoms with van der Waals surface area (Å²) >= 11 is 0. The highest BCUT2D eigenvalue weighted by Gasteiger charge is 2.05. The summed E-state index contributed by atoms with van der Waals surface area (Å²) in [6.07, 6.45) is 3.71. The molecular formula is C9H15N5O. The number of aliphatic imine (C=N–C) groups is 1. The minimum absolute atomic E-state index is 0.667. The van der Waals surface area contributed by atoms with Gasteiger partial charge in [0.1, 0.15) is 0 Å². The van der Waals surface area contributed by atoms with E-state index in [-0.39, 0.29) is 0 Å². The largest absolute Gasteiger partial charge is 0.383 e. The maximum absolute atomic E-state index is 4.97. The van der Waals surface area contributed by atoms with E-state index in [1.54, 1.807) is 13.3 Å². The summed E-state index contributed by atoms with van der Waals surface area (Å²) in [7, 11) is 1.68. The van der Waals surface area contributed by atoms with Crippen LogP contribution in [0, 0.1) is 0 Å². The summed E-state index contributed by atoms with van der Waals surface area (Å²) in [4.78, 5) is 4.24. The van der Waals surface area contributed by atoms with Crippen molar-refractivity contribution in [2.24, 2.45) is 4.99 Å². The van der Waals surface area contributed by atoms with Gasteiger partial charge in [-0.1, -0.05) is 0 Å². The molecule has 1 aromatic rings.